The van der Waals surface area contributed by atoms with Crippen molar-refractivity contribution in [2.45, 2.75) is 46.3 Å². The highest BCUT2D eigenvalue weighted by molar-refractivity contribution is 5.79. The number of ether oxygens (including phenoxy) is 1. The van der Waals surface area contributed by atoms with Crippen molar-refractivity contribution >= 4 is 11.8 Å². The third kappa shape index (κ3) is 6.20. The number of aromatic nitrogens is 1. The van der Waals surface area contributed by atoms with Crippen LogP contribution in [0.2, 0.25) is 0 Å². The Morgan fingerprint density at radius 1 is 1.40 bits per heavy atom. The Hall–Kier alpha value is -1.82. The van der Waals surface area contributed by atoms with Crippen molar-refractivity contribution < 1.29 is 4.74 Å². The van der Waals surface area contributed by atoms with Crippen molar-refractivity contribution in [2.24, 2.45) is 10.9 Å². The smallest absolute Gasteiger partial charge is 0.191 e. The lowest BCUT2D eigenvalue weighted by Gasteiger charge is -2.32. The third-order valence-corrected chi connectivity index (χ3v) is 4.77. The topological polar surface area (TPSA) is 61.8 Å². The minimum Gasteiger partial charge on any atom is -0.375 e. The van der Waals surface area contributed by atoms with Gasteiger partial charge in [0, 0.05) is 39.4 Å². The van der Waals surface area contributed by atoms with Crippen LogP contribution in [-0.2, 0) is 11.3 Å². The maximum absolute atomic E-state index is 5.61. The highest BCUT2D eigenvalue weighted by atomic mass is 16.5. The number of nitrogens with one attached hydrogen (secondary N) is 2. The van der Waals surface area contributed by atoms with E-state index in [1.54, 1.807) is 0 Å². The van der Waals surface area contributed by atoms with Crippen LogP contribution in [0, 0.1) is 5.92 Å². The lowest BCUT2D eigenvalue weighted by Crippen LogP contribution is -2.41. The fraction of sp³-hybridized carbons (Fsp3) is 0.684. The van der Waals surface area contributed by atoms with Crippen molar-refractivity contribution in [3.63, 3.8) is 0 Å². The number of anilines is 1. The van der Waals surface area contributed by atoms with Gasteiger partial charge in [-0.2, -0.15) is 0 Å². The van der Waals surface area contributed by atoms with E-state index in [2.05, 4.69) is 58.4 Å². The van der Waals surface area contributed by atoms with Gasteiger partial charge in [-0.05, 0) is 30.5 Å². The van der Waals surface area contributed by atoms with E-state index in [9.17, 15) is 0 Å². The lowest BCUT2D eigenvalue weighted by atomic mass is 10.0. The predicted molar refractivity (Wildman–Crippen MR) is 104 cm³/mol. The van der Waals surface area contributed by atoms with E-state index in [0.29, 0.717) is 5.92 Å². The largest absolute Gasteiger partial charge is 0.375 e. The number of guanidine groups is 1. The van der Waals surface area contributed by atoms with Crippen LogP contribution in [0.5, 0.6) is 0 Å². The number of morpholine rings is 1. The first-order valence-electron chi connectivity index (χ1n) is 9.42. The fourth-order valence-corrected chi connectivity index (χ4v) is 2.99. The minimum atomic E-state index is 0.255. The van der Waals surface area contributed by atoms with Crippen molar-refractivity contribution in [1.82, 2.24) is 15.6 Å². The number of pyridine rings is 1. The molecule has 1 saturated heterocycles. The lowest BCUT2D eigenvalue weighted by molar-refractivity contribution is 0.0529. The Kier molecular flexibility index (Phi) is 7.98. The first-order valence-corrected chi connectivity index (χ1v) is 9.42. The summed E-state index contributed by atoms with van der Waals surface area (Å²) in [6, 6.07) is 4.20. The van der Waals surface area contributed by atoms with E-state index >= 15 is 0 Å². The Labute approximate surface area is 152 Å². The second-order valence-corrected chi connectivity index (χ2v) is 6.64. The first-order chi connectivity index (χ1) is 12.2. The van der Waals surface area contributed by atoms with Crippen LogP contribution in [-0.4, -0.2) is 50.3 Å². The summed E-state index contributed by atoms with van der Waals surface area (Å²) in [6.45, 7) is 10.8. The van der Waals surface area contributed by atoms with E-state index in [4.69, 9.17) is 4.74 Å². The molecule has 2 N–H and O–H groups in total. The van der Waals surface area contributed by atoms with Gasteiger partial charge in [0.2, 0.25) is 0 Å². The quantitative estimate of drug-likeness (QED) is 0.586. The van der Waals surface area contributed by atoms with Gasteiger partial charge in [0.15, 0.2) is 5.96 Å². The van der Waals surface area contributed by atoms with Gasteiger partial charge in [-0.3, -0.25) is 4.99 Å². The van der Waals surface area contributed by atoms with E-state index in [-0.39, 0.29) is 6.10 Å². The van der Waals surface area contributed by atoms with Crippen molar-refractivity contribution in [2.75, 3.05) is 38.2 Å². The molecule has 25 heavy (non-hydrogen) atoms. The monoisotopic (exact) mass is 347 g/mol. The van der Waals surface area contributed by atoms with Gasteiger partial charge in [0.05, 0.1) is 12.7 Å². The molecule has 1 aromatic rings. The zero-order valence-corrected chi connectivity index (χ0v) is 16.1. The van der Waals surface area contributed by atoms with Crippen LogP contribution in [0.4, 0.5) is 5.82 Å². The number of nitrogens with zero attached hydrogens (tertiary/aromatic N) is 3. The highest BCUT2D eigenvalue weighted by Gasteiger charge is 2.18. The molecule has 1 aliphatic rings. The van der Waals surface area contributed by atoms with Crippen molar-refractivity contribution in [3.8, 4) is 0 Å². The van der Waals surface area contributed by atoms with Crippen LogP contribution < -0.4 is 15.5 Å². The molecule has 1 fully saturated rings. The molecule has 0 radical (unpaired) electrons. The highest BCUT2D eigenvalue weighted by Crippen LogP contribution is 2.16. The molecular formula is C19H33N5O. The van der Waals surface area contributed by atoms with Gasteiger partial charge >= 0.3 is 0 Å². The maximum Gasteiger partial charge on any atom is 0.191 e. The second kappa shape index (κ2) is 10.2. The van der Waals surface area contributed by atoms with Crippen LogP contribution in [0.25, 0.3) is 0 Å². The average molecular weight is 348 g/mol. The molecular weight excluding hydrogens is 314 g/mol. The summed E-state index contributed by atoms with van der Waals surface area (Å²) >= 11 is 0. The number of hydrogen-bond donors (Lipinski definition) is 2. The summed E-state index contributed by atoms with van der Waals surface area (Å²) in [7, 11) is 1.81. The molecule has 1 unspecified atom stereocenters. The average Bonchev–Trinajstić information content (AvgIpc) is 2.65. The van der Waals surface area contributed by atoms with Crippen molar-refractivity contribution in [1.29, 1.82) is 0 Å². The zero-order chi connectivity index (χ0) is 18.1. The Morgan fingerprint density at radius 3 is 2.88 bits per heavy atom. The van der Waals surface area contributed by atoms with Gasteiger partial charge in [0.1, 0.15) is 5.82 Å². The van der Waals surface area contributed by atoms with Gasteiger partial charge < -0.3 is 20.3 Å². The summed E-state index contributed by atoms with van der Waals surface area (Å²) < 4.78 is 5.61. The molecule has 2 heterocycles. The first kappa shape index (κ1) is 19.5. The minimum absolute atomic E-state index is 0.255. The second-order valence-electron chi connectivity index (χ2n) is 6.64. The summed E-state index contributed by atoms with van der Waals surface area (Å²) in [4.78, 5) is 11.1. The van der Waals surface area contributed by atoms with E-state index in [1.807, 2.05) is 13.2 Å². The molecule has 2 rings (SSSR count). The number of hydrogen-bond acceptors (Lipinski definition) is 4. The molecule has 1 aliphatic heterocycles. The van der Waals surface area contributed by atoms with Crippen molar-refractivity contribution in [3.05, 3.63) is 23.9 Å². The third-order valence-electron chi connectivity index (χ3n) is 4.77. The molecule has 6 nitrogen and oxygen atoms in total. The SMILES string of the molecule is CCC(CC)CNC(=NC)NCc1ccnc(N2CCOC(C)C2)c1. The van der Waals surface area contributed by atoms with Gasteiger partial charge in [0.25, 0.3) is 0 Å². The zero-order valence-electron chi connectivity index (χ0n) is 16.1. The molecule has 0 aromatic carbocycles. The van der Waals surface area contributed by atoms with Crippen LogP contribution in [0.15, 0.2) is 23.3 Å². The summed E-state index contributed by atoms with van der Waals surface area (Å²) in [5.41, 5.74) is 1.20. The molecule has 140 valence electrons. The van der Waals surface area contributed by atoms with Crippen LogP contribution in [0.1, 0.15) is 39.2 Å². The molecule has 6 heteroatoms. The Balaban J connectivity index is 1.88. The molecule has 1 aromatic heterocycles. The van der Waals surface area contributed by atoms with E-state index < -0.39 is 0 Å². The normalized spacial score (nSPS) is 18.5. The van der Waals surface area contributed by atoms with E-state index in [0.717, 1.165) is 44.6 Å². The molecule has 1 atom stereocenters. The predicted octanol–water partition coefficient (Wildman–Crippen LogP) is 2.41. The molecule has 0 amide bonds. The molecule has 0 saturated carbocycles. The van der Waals surface area contributed by atoms with Gasteiger partial charge in [-0.15, -0.1) is 0 Å². The maximum atomic E-state index is 5.61. The van der Waals surface area contributed by atoms with Gasteiger partial charge in [-0.25, -0.2) is 4.98 Å². The summed E-state index contributed by atoms with van der Waals surface area (Å²) in [5, 5.41) is 6.82. The van der Waals surface area contributed by atoms with E-state index in [1.165, 1.54) is 18.4 Å². The number of rotatable bonds is 7. The summed E-state index contributed by atoms with van der Waals surface area (Å²) in [6.07, 6.45) is 4.51. The molecule has 0 spiro atoms. The molecule has 0 bridgehead atoms. The fourth-order valence-electron chi connectivity index (χ4n) is 2.99. The Morgan fingerprint density at radius 2 is 2.20 bits per heavy atom. The van der Waals surface area contributed by atoms with Crippen LogP contribution in [0.3, 0.4) is 0 Å². The van der Waals surface area contributed by atoms with Crippen LogP contribution >= 0.6 is 0 Å². The standard InChI is InChI=1S/C19H33N5O/c1-5-16(6-2)12-22-19(20-4)23-13-17-7-8-21-18(11-17)24-9-10-25-15(3)14-24/h7-8,11,15-16H,5-6,9-10,12-14H2,1-4H3,(H2,20,22,23). The number of aliphatic imine (C=N–C) groups is 1. The van der Waals surface area contributed by atoms with Gasteiger partial charge in [-0.1, -0.05) is 26.7 Å². The summed E-state index contributed by atoms with van der Waals surface area (Å²) in [5.74, 6) is 2.56. The molecule has 0 aliphatic carbocycles. The Bertz CT molecular complexity index is 544.